The molecule has 2 aromatic carbocycles. The third-order valence-electron chi connectivity index (χ3n) is 6.25. The van der Waals surface area contributed by atoms with Gasteiger partial charge in [-0.2, -0.15) is 4.31 Å². The number of nitrogens with zero attached hydrogens (tertiary/aromatic N) is 1. The fourth-order valence-corrected chi connectivity index (χ4v) is 5.89. The van der Waals surface area contributed by atoms with E-state index in [-0.39, 0.29) is 37.1 Å². The zero-order valence-electron chi connectivity index (χ0n) is 24.9. The van der Waals surface area contributed by atoms with E-state index in [1.165, 1.54) is 16.4 Å². The molecule has 11 heteroatoms. The first kappa shape index (κ1) is 32.5. The van der Waals surface area contributed by atoms with Gasteiger partial charge in [0, 0.05) is 19.2 Å². The fourth-order valence-electron chi connectivity index (χ4n) is 4.25. The standard InChI is InChI=1S/C30H44N2O8S/c1-7-8-15-37-23-11-9-22(10-12-23)16-25(31-29(34)40-30(4,5)6)26(33)19-32(18-21(2)3)41(35,36)24-13-14-27-28(17-24)39-20-38-27/h9-14,17,21,25-26,33H,7-8,15-16,18-20H2,1-6H3,(H,31,34)/t25-,26+/m0/s1. The number of sulfonamides is 1. The summed E-state index contributed by atoms with van der Waals surface area (Å²) in [6.45, 7) is 11.7. The van der Waals surface area contributed by atoms with Gasteiger partial charge in [-0.15, -0.1) is 0 Å². The second-order valence-electron chi connectivity index (χ2n) is 11.6. The van der Waals surface area contributed by atoms with Gasteiger partial charge in [-0.05, 0) is 69.4 Å². The minimum atomic E-state index is -4.02. The highest BCUT2D eigenvalue weighted by molar-refractivity contribution is 7.89. The molecule has 0 bridgehead atoms. The Morgan fingerprint density at radius 3 is 2.39 bits per heavy atom. The van der Waals surface area contributed by atoms with Crippen LogP contribution in [0.15, 0.2) is 47.4 Å². The van der Waals surface area contributed by atoms with Crippen LogP contribution in [0.2, 0.25) is 0 Å². The summed E-state index contributed by atoms with van der Waals surface area (Å²) in [5.74, 6) is 1.53. The number of carbonyl (C=O) groups is 1. The lowest BCUT2D eigenvalue weighted by molar-refractivity contribution is 0.0400. The zero-order chi connectivity index (χ0) is 30.2. The molecule has 0 saturated carbocycles. The van der Waals surface area contributed by atoms with Gasteiger partial charge >= 0.3 is 6.09 Å². The first-order chi connectivity index (χ1) is 19.3. The highest BCUT2D eigenvalue weighted by Crippen LogP contribution is 2.35. The van der Waals surface area contributed by atoms with Crippen molar-refractivity contribution in [2.24, 2.45) is 5.92 Å². The quantitative estimate of drug-likeness (QED) is 0.302. The Morgan fingerprint density at radius 2 is 1.76 bits per heavy atom. The number of amides is 1. The van der Waals surface area contributed by atoms with E-state index < -0.39 is 33.9 Å². The number of carbonyl (C=O) groups excluding carboxylic acids is 1. The lowest BCUT2D eigenvalue weighted by Crippen LogP contribution is -2.51. The van der Waals surface area contributed by atoms with Crippen LogP contribution in [0, 0.1) is 5.92 Å². The fraction of sp³-hybridized carbons (Fsp3) is 0.567. The molecule has 0 spiro atoms. The number of fused-ring (bicyclic) bond motifs is 1. The molecular weight excluding hydrogens is 548 g/mol. The molecule has 0 aliphatic carbocycles. The summed E-state index contributed by atoms with van der Waals surface area (Å²) in [5, 5.41) is 14.2. The second-order valence-corrected chi connectivity index (χ2v) is 13.5. The van der Waals surface area contributed by atoms with E-state index in [0.717, 1.165) is 24.2 Å². The third-order valence-corrected chi connectivity index (χ3v) is 8.08. The van der Waals surface area contributed by atoms with E-state index in [4.69, 9.17) is 18.9 Å². The number of unbranched alkanes of at least 4 members (excludes halogenated alkanes) is 1. The molecule has 41 heavy (non-hydrogen) atoms. The van der Waals surface area contributed by atoms with Crippen LogP contribution in [-0.4, -0.2) is 68.2 Å². The van der Waals surface area contributed by atoms with Gasteiger partial charge in [0.25, 0.3) is 0 Å². The lowest BCUT2D eigenvalue weighted by atomic mass is 10.0. The number of alkyl carbamates (subject to hydrolysis) is 1. The number of hydrogen-bond donors (Lipinski definition) is 2. The Kier molecular flexibility index (Phi) is 11.3. The second kappa shape index (κ2) is 14.2. The third kappa shape index (κ3) is 9.79. The monoisotopic (exact) mass is 592 g/mol. The van der Waals surface area contributed by atoms with Crippen molar-refractivity contribution >= 4 is 16.1 Å². The number of hydrogen-bond acceptors (Lipinski definition) is 8. The molecule has 2 atom stereocenters. The van der Waals surface area contributed by atoms with Crippen LogP contribution in [-0.2, 0) is 21.2 Å². The van der Waals surface area contributed by atoms with Gasteiger partial charge in [0.2, 0.25) is 16.8 Å². The van der Waals surface area contributed by atoms with Crippen molar-refractivity contribution in [2.75, 3.05) is 26.5 Å². The summed E-state index contributed by atoms with van der Waals surface area (Å²) in [5.41, 5.74) is 0.0886. The maximum atomic E-state index is 13.7. The van der Waals surface area contributed by atoms with Gasteiger partial charge in [0.05, 0.1) is 23.6 Å². The Morgan fingerprint density at radius 1 is 1.07 bits per heavy atom. The molecule has 0 saturated heterocycles. The molecular formula is C30H44N2O8S. The summed E-state index contributed by atoms with van der Waals surface area (Å²) in [7, 11) is -4.02. The molecule has 1 aliphatic heterocycles. The average Bonchev–Trinajstić information content (AvgIpc) is 3.36. The van der Waals surface area contributed by atoms with Gasteiger partial charge in [0.1, 0.15) is 11.4 Å². The van der Waals surface area contributed by atoms with Gasteiger partial charge in [-0.3, -0.25) is 0 Å². The molecule has 0 aromatic heterocycles. The Balaban J connectivity index is 1.83. The van der Waals surface area contributed by atoms with E-state index in [9.17, 15) is 18.3 Å². The molecule has 0 radical (unpaired) electrons. The highest BCUT2D eigenvalue weighted by atomic mass is 32.2. The molecule has 10 nitrogen and oxygen atoms in total. The molecule has 0 unspecified atom stereocenters. The summed E-state index contributed by atoms with van der Waals surface area (Å²) >= 11 is 0. The van der Waals surface area contributed by atoms with Crippen molar-refractivity contribution in [1.29, 1.82) is 0 Å². The molecule has 1 heterocycles. The van der Waals surface area contributed by atoms with E-state index in [1.807, 2.05) is 38.1 Å². The van der Waals surface area contributed by atoms with Crippen LogP contribution < -0.4 is 19.5 Å². The van der Waals surface area contributed by atoms with Crippen molar-refractivity contribution in [1.82, 2.24) is 9.62 Å². The molecule has 228 valence electrons. The van der Waals surface area contributed by atoms with Crippen molar-refractivity contribution in [3.63, 3.8) is 0 Å². The van der Waals surface area contributed by atoms with E-state index in [2.05, 4.69) is 12.2 Å². The Bertz CT molecular complexity index is 1240. The number of benzene rings is 2. The smallest absolute Gasteiger partial charge is 0.407 e. The maximum Gasteiger partial charge on any atom is 0.407 e. The summed E-state index contributed by atoms with van der Waals surface area (Å²) in [4.78, 5) is 12.8. The lowest BCUT2D eigenvalue weighted by Gasteiger charge is -2.31. The van der Waals surface area contributed by atoms with Crippen LogP contribution in [0.4, 0.5) is 4.79 Å². The largest absolute Gasteiger partial charge is 0.494 e. The molecule has 1 aliphatic rings. The highest BCUT2D eigenvalue weighted by Gasteiger charge is 2.33. The molecule has 1 amide bonds. The van der Waals surface area contributed by atoms with Gasteiger partial charge in [-0.25, -0.2) is 13.2 Å². The number of aliphatic hydroxyl groups excluding tert-OH is 1. The van der Waals surface area contributed by atoms with Crippen LogP contribution in [0.5, 0.6) is 17.2 Å². The van der Waals surface area contributed by atoms with Crippen LogP contribution in [0.1, 0.15) is 59.9 Å². The minimum absolute atomic E-state index is 0.0245. The number of nitrogens with one attached hydrogen (secondary N) is 1. The molecule has 2 N–H and O–H groups in total. The van der Waals surface area contributed by atoms with Crippen LogP contribution in [0.3, 0.4) is 0 Å². The van der Waals surface area contributed by atoms with Crippen LogP contribution in [0.25, 0.3) is 0 Å². The summed E-state index contributed by atoms with van der Waals surface area (Å²) in [6.07, 6.45) is 0.292. The Labute approximate surface area is 244 Å². The molecule has 2 aromatic rings. The maximum absolute atomic E-state index is 13.7. The predicted molar refractivity (Wildman–Crippen MR) is 156 cm³/mol. The number of aliphatic hydroxyl groups is 1. The van der Waals surface area contributed by atoms with Crippen LogP contribution >= 0.6 is 0 Å². The van der Waals surface area contributed by atoms with Crippen molar-refractivity contribution in [3.05, 3.63) is 48.0 Å². The summed E-state index contributed by atoms with van der Waals surface area (Å²) < 4.78 is 50.6. The number of ether oxygens (including phenoxy) is 4. The van der Waals surface area contributed by atoms with Crippen molar-refractivity contribution in [2.45, 2.75) is 83.4 Å². The normalized spacial score (nSPS) is 14.7. The van der Waals surface area contributed by atoms with Crippen molar-refractivity contribution in [3.8, 4) is 17.2 Å². The topological polar surface area (TPSA) is 124 Å². The van der Waals surface area contributed by atoms with Gasteiger partial charge in [0.15, 0.2) is 11.5 Å². The van der Waals surface area contributed by atoms with Crippen molar-refractivity contribution < 1.29 is 37.3 Å². The average molecular weight is 593 g/mol. The van der Waals surface area contributed by atoms with E-state index >= 15 is 0 Å². The first-order valence-corrected chi connectivity index (χ1v) is 15.5. The first-order valence-electron chi connectivity index (χ1n) is 14.1. The predicted octanol–water partition coefficient (Wildman–Crippen LogP) is 4.74. The molecule has 3 rings (SSSR count). The van der Waals surface area contributed by atoms with E-state index in [1.54, 1.807) is 26.8 Å². The zero-order valence-corrected chi connectivity index (χ0v) is 25.7. The molecule has 0 fully saturated rings. The SMILES string of the molecule is CCCCOc1ccc(C[C@H](NC(=O)OC(C)(C)C)[C@H](O)CN(CC(C)C)S(=O)(=O)c2ccc3c(c2)OCO3)cc1. The van der Waals surface area contributed by atoms with E-state index in [0.29, 0.717) is 18.1 Å². The number of rotatable bonds is 14. The Hall–Kier alpha value is -3.02. The summed E-state index contributed by atoms with van der Waals surface area (Å²) in [6, 6.07) is 11.0. The minimum Gasteiger partial charge on any atom is -0.494 e. The van der Waals surface area contributed by atoms with Gasteiger partial charge < -0.3 is 29.4 Å². The van der Waals surface area contributed by atoms with Gasteiger partial charge in [-0.1, -0.05) is 39.3 Å².